The summed E-state index contributed by atoms with van der Waals surface area (Å²) in [5.74, 6) is 0.918. The maximum atomic E-state index is 6.05. The number of benzene rings is 3. The van der Waals surface area contributed by atoms with Crippen LogP contribution in [-0.4, -0.2) is 27.8 Å². The molecule has 1 aliphatic rings. The fourth-order valence-electron chi connectivity index (χ4n) is 5.31. The second-order valence-electron chi connectivity index (χ2n) is 10.1. The molecule has 1 heterocycles. The van der Waals surface area contributed by atoms with Crippen LogP contribution in [0.5, 0.6) is 5.75 Å². The standard InChI is InChI=1S/C21H26N2.C11H12O.2ClH.Ru/c1-14-9-16(3)20(17(4)10-14)22-7-8-23(13-22)21-18(5)11-15(2)12-19(21)6;1-4-10-7-5-6-8-11(10)12-9(2)3;;;/h9-12H,7-8H2,1-6H3;4-9H,2-3H3;2*1H;. The van der Waals surface area contributed by atoms with Gasteiger partial charge in [0.25, 0.3) is 0 Å². The molecule has 206 valence electrons. The summed E-state index contributed by atoms with van der Waals surface area (Å²) in [5, 5.41) is 0. The normalized spacial score (nSPS) is 12.7. The van der Waals surface area contributed by atoms with Gasteiger partial charge in [0.15, 0.2) is 0 Å². The summed E-state index contributed by atoms with van der Waals surface area (Å²) in [6.45, 7) is 19.4. The van der Waals surface area contributed by atoms with E-state index in [1.807, 2.05) is 12.1 Å². The summed E-state index contributed by atoms with van der Waals surface area (Å²) in [6, 6.07) is 17.5. The van der Waals surface area contributed by atoms with Gasteiger partial charge in [-0.2, -0.15) is 0 Å². The van der Waals surface area contributed by atoms with E-state index in [0.717, 1.165) is 24.4 Å². The van der Waals surface area contributed by atoms with Crippen molar-refractivity contribution in [1.82, 2.24) is 0 Å². The Kier molecular flexibility index (Phi) is 11.6. The average molecular weight is 641 g/mol. The molecule has 38 heavy (non-hydrogen) atoms. The van der Waals surface area contributed by atoms with E-state index in [4.69, 9.17) is 4.74 Å². The summed E-state index contributed by atoms with van der Waals surface area (Å²) in [7, 11) is 0. The molecule has 1 aliphatic heterocycles. The Labute approximate surface area is 248 Å². The number of para-hydroxylation sites is 1. The summed E-state index contributed by atoms with van der Waals surface area (Å²) >= 11 is -0.303. The topological polar surface area (TPSA) is 15.7 Å². The molecule has 0 atom stereocenters. The zero-order chi connectivity index (χ0) is 26.0. The Morgan fingerprint density at radius 3 is 1.66 bits per heavy atom. The van der Waals surface area contributed by atoms with Crippen molar-refractivity contribution in [2.75, 3.05) is 22.9 Å². The van der Waals surface area contributed by atoms with Crippen molar-refractivity contribution >= 4 is 50.9 Å². The first-order valence-electron chi connectivity index (χ1n) is 12.7. The van der Waals surface area contributed by atoms with Crippen LogP contribution in [0.15, 0.2) is 48.5 Å². The molecule has 0 saturated carbocycles. The van der Waals surface area contributed by atoms with Gasteiger partial charge < -0.3 is 0 Å². The monoisotopic (exact) mass is 640 g/mol. The fourth-order valence-corrected chi connectivity index (χ4v) is 7.17. The summed E-state index contributed by atoms with van der Waals surface area (Å²) in [4.78, 5) is 5.11. The largest absolute Gasteiger partial charge is 0.147 e. The molecule has 1 saturated heterocycles. The Balaban J connectivity index is 0.00000253. The number of rotatable bonds is 5. The van der Waals surface area contributed by atoms with Gasteiger partial charge in [-0.3, -0.25) is 0 Å². The second-order valence-corrected chi connectivity index (χ2v) is 11.8. The van der Waals surface area contributed by atoms with Crippen LogP contribution < -0.4 is 14.5 Å². The van der Waals surface area contributed by atoms with Gasteiger partial charge in [-0.05, 0) is 0 Å². The van der Waals surface area contributed by atoms with E-state index in [2.05, 4.69) is 112 Å². The Bertz CT molecular complexity index is 1290. The third-order valence-corrected chi connectivity index (χ3v) is 8.24. The zero-order valence-electron chi connectivity index (χ0n) is 23.7. The zero-order valence-corrected chi connectivity index (χ0v) is 27.0. The van der Waals surface area contributed by atoms with Crippen molar-refractivity contribution in [2.45, 2.75) is 61.5 Å². The number of ether oxygens (including phenoxy) is 1. The third-order valence-electron chi connectivity index (χ3n) is 6.41. The van der Waals surface area contributed by atoms with Crippen molar-refractivity contribution < 1.29 is 21.0 Å². The van der Waals surface area contributed by atoms with Crippen LogP contribution in [0.4, 0.5) is 11.4 Å². The minimum Gasteiger partial charge on any atom is -0.147 e. The van der Waals surface area contributed by atoms with Crippen molar-refractivity contribution in [1.29, 1.82) is 0 Å². The van der Waals surface area contributed by atoms with E-state index in [1.54, 1.807) is 0 Å². The van der Waals surface area contributed by atoms with Crippen LogP contribution in [0, 0.1) is 41.5 Å². The molecule has 3 aromatic carbocycles. The van der Waals surface area contributed by atoms with E-state index in [9.17, 15) is 0 Å². The molecule has 0 N–H and O–H groups in total. The van der Waals surface area contributed by atoms with Crippen molar-refractivity contribution in [2.24, 2.45) is 0 Å². The smallest absolute Gasteiger partial charge is 0.147 e. The van der Waals surface area contributed by atoms with E-state index < -0.39 is 0 Å². The van der Waals surface area contributed by atoms with E-state index in [-0.39, 0.29) is 47.1 Å². The van der Waals surface area contributed by atoms with Crippen molar-refractivity contribution in [3.05, 3.63) is 87.5 Å². The molecule has 3 aromatic rings. The number of aryl methyl sites for hydroxylation is 6. The quantitative estimate of drug-likeness (QED) is 0.265. The molecule has 0 aromatic heterocycles. The van der Waals surface area contributed by atoms with E-state index in [1.165, 1.54) is 49.1 Å². The molecule has 0 unspecified atom stereocenters. The third kappa shape index (κ3) is 7.05. The van der Waals surface area contributed by atoms with Gasteiger partial charge in [0.05, 0.1) is 0 Å². The molecule has 0 bridgehead atoms. The maximum Gasteiger partial charge on any atom is -0.147 e. The first kappa shape index (κ1) is 32.0. The predicted octanol–water partition coefficient (Wildman–Crippen LogP) is 7.78. The summed E-state index contributed by atoms with van der Waals surface area (Å²) in [5.41, 5.74) is 11.8. The van der Waals surface area contributed by atoms with Gasteiger partial charge in [0.2, 0.25) is 0 Å². The number of hydrogen-bond acceptors (Lipinski definition) is 3. The average Bonchev–Trinajstić information content (AvgIpc) is 3.16. The maximum absolute atomic E-state index is 6.05. The molecule has 3 nitrogen and oxygen atoms in total. The molecule has 0 radical (unpaired) electrons. The molecule has 6 heteroatoms. The second kappa shape index (κ2) is 13.7. The molecule has 0 amide bonds. The number of nitrogens with zero attached hydrogens (tertiary/aromatic N) is 2. The first-order chi connectivity index (χ1) is 17.2. The van der Waals surface area contributed by atoms with E-state index >= 15 is 0 Å². The summed E-state index contributed by atoms with van der Waals surface area (Å²) in [6.07, 6.45) is 2.27. The van der Waals surface area contributed by atoms with Crippen molar-refractivity contribution in [3.8, 4) is 5.75 Å². The molecular formula is C32H40Cl2N2ORu. The molecule has 0 spiro atoms. The molecule has 1 fully saturated rings. The van der Waals surface area contributed by atoms with Crippen LogP contribution in [0.2, 0.25) is 0 Å². The fraction of sp³-hybridized carbons (Fsp3) is 0.344. The predicted molar refractivity (Wildman–Crippen MR) is 167 cm³/mol. The molecular weight excluding hydrogens is 600 g/mol. The van der Waals surface area contributed by atoms with Gasteiger partial charge in [-0.1, -0.05) is 0 Å². The Morgan fingerprint density at radius 2 is 1.21 bits per heavy atom. The van der Waals surface area contributed by atoms with Gasteiger partial charge in [-0.15, -0.1) is 24.8 Å². The Morgan fingerprint density at radius 1 is 0.763 bits per heavy atom. The van der Waals surface area contributed by atoms with Crippen LogP contribution in [0.25, 0.3) is 6.08 Å². The van der Waals surface area contributed by atoms with Gasteiger partial charge >= 0.3 is 225 Å². The number of halogens is 2. The van der Waals surface area contributed by atoms with Crippen LogP contribution >= 0.6 is 24.8 Å². The van der Waals surface area contributed by atoms with Crippen LogP contribution in [-0.2, 0) is 16.2 Å². The SMILES string of the molecule is Cc1cc(C)c(N2CCN(c3c(C)cc(C)cc3C)[C]2=[Ru]=[C]=Cc2ccccc2OC(C)C)c(C)c1.Cl.Cl. The molecule has 0 aliphatic carbocycles. The summed E-state index contributed by atoms with van der Waals surface area (Å²) < 4.78 is 11.1. The van der Waals surface area contributed by atoms with E-state index in [0.29, 0.717) is 0 Å². The first-order valence-corrected chi connectivity index (χ1v) is 14.4. The van der Waals surface area contributed by atoms with Gasteiger partial charge in [-0.25, -0.2) is 0 Å². The van der Waals surface area contributed by atoms with Crippen LogP contribution in [0.1, 0.15) is 52.8 Å². The van der Waals surface area contributed by atoms with Gasteiger partial charge in [0, 0.05) is 0 Å². The minimum atomic E-state index is -0.303. The number of anilines is 2. The minimum absolute atomic E-state index is 0. The Hall–Kier alpha value is -2.22. The molecule has 4 rings (SSSR count). The van der Waals surface area contributed by atoms with Gasteiger partial charge in [0.1, 0.15) is 0 Å². The van der Waals surface area contributed by atoms with Crippen molar-refractivity contribution in [3.63, 3.8) is 0 Å². The van der Waals surface area contributed by atoms with Crippen LogP contribution in [0.3, 0.4) is 0 Å². The number of hydrogen-bond donors (Lipinski definition) is 0.